The lowest BCUT2D eigenvalue weighted by Crippen LogP contribution is -2.54. The van der Waals surface area contributed by atoms with Crippen LogP contribution in [0.25, 0.3) is 0 Å². The number of amides is 2. The van der Waals surface area contributed by atoms with Crippen molar-refractivity contribution >= 4 is 23.2 Å². The lowest BCUT2D eigenvalue weighted by Gasteiger charge is -2.44. The van der Waals surface area contributed by atoms with E-state index in [0.29, 0.717) is 50.5 Å². The van der Waals surface area contributed by atoms with Crippen LogP contribution in [0.4, 0.5) is 15.8 Å². The molecule has 38 heavy (non-hydrogen) atoms. The van der Waals surface area contributed by atoms with E-state index in [0.717, 1.165) is 16.9 Å². The molecule has 0 bridgehead atoms. The molecular formula is C30H32FN3O4. The van der Waals surface area contributed by atoms with Gasteiger partial charge in [0.15, 0.2) is 0 Å². The van der Waals surface area contributed by atoms with Crippen molar-refractivity contribution < 1.29 is 23.5 Å². The summed E-state index contributed by atoms with van der Waals surface area (Å²) in [5.74, 6) is 0.801. The number of ether oxygens (including phenoxy) is 2. The zero-order valence-corrected chi connectivity index (χ0v) is 21.7. The Balaban J connectivity index is 1.41. The van der Waals surface area contributed by atoms with Crippen molar-refractivity contribution in [2.45, 2.75) is 18.9 Å². The number of carbonyl (C=O) groups excluding carboxylic acids is 2. The number of anilines is 2. The summed E-state index contributed by atoms with van der Waals surface area (Å²) in [7, 11) is 3.21. The molecule has 0 aliphatic carbocycles. The maximum Gasteiger partial charge on any atom is 0.228 e. The number of piperazine rings is 1. The summed E-state index contributed by atoms with van der Waals surface area (Å²) >= 11 is 0. The summed E-state index contributed by atoms with van der Waals surface area (Å²) in [6.45, 7) is 2.47. The number of piperidine rings is 1. The molecule has 2 atom stereocenters. The van der Waals surface area contributed by atoms with E-state index < -0.39 is 6.04 Å². The molecule has 2 fully saturated rings. The number of halogens is 1. The lowest BCUT2D eigenvalue weighted by atomic mass is 9.82. The predicted molar refractivity (Wildman–Crippen MR) is 144 cm³/mol. The number of nitrogens with zero attached hydrogens (tertiary/aromatic N) is 3. The van der Waals surface area contributed by atoms with E-state index in [1.165, 1.54) is 12.1 Å². The monoisotopic (exact) mass is 517 g/mol. The normalized spacial score (nSPS) is 19.9. The number of rotatable bonds is 6. The quantitative estimate of drug-likeness (QED) is 0.475. The van der Waals surface area contributed by atoms with Crippen LogP contribution in [-0.2, 0) is 9.59 Å². The Labute approximate surface area is 222 Å². The van der Waals surface area contributed by atoms with E-state index in [1.807, 2.05) is 53.4 Å². The van der Waals surface area contributed by atoms with Crippen molar-refractivity contribution in [3.05, 3.63) is 84.2 Å². The van der Waals surface area contributed by atoms with Crippen LogP contribution in [0.3, 0.4) is 0 Å². The van der Waals surface area contributed by atoms with Gasteiger partial charge in [-0.25, -0.2) is 4.39 Å². The molecule has 0 unspecified atom stereocenters. The summed E-state index contributed by atoms with van der Waals surface area (Å²) in [5, 5.41) is 0. The van der Waals surface area contributed by atoms with Gasteiger partial charge in [-0.15, -0.1) is 0 Å². The highest BCUT2D eigenvalue weighted by Gasteiger charge is 2.43. The third kappa shape index (κ3) is 5.16. The second kappa shape index (κ2) is 11.1. The second-order valence-electron chi connectivity index (χ2n) is 9.61. The topological polar surface area (TPSA) is 62.3 Å². The summed E-state index contributed by atoms with van der Waals surface area (Å²) in [6, 6.07) is 21.0. The summed E-state index contributed by atoms with van der Waals surface area (Å²) in [5.41, 5.74) is 2.57. The molecule has 8 heteroatoms. The predicted octanol–water partition coefficient (Wildman–Crippen LogP) is 4.68. The molecule has 2 heterocycles. The largest absolute Gasteiger partial charge is 0.497 e. The average molecular weight is 518 g/mol. The fraction of sp³-hybridized carbons (Fsp3) is 0.333. The molecule has 2 aliphatic heterocycles. The van der Waals surface area contributed by atoms with Gasteiger partial charge in [-0.05, 0) is 72.6 Å². The molecule has 2 aliphatic rings. The molecule has 2 amide bonds. The van der Waals surface area contributed by atoms with Gasteiger partial charge >= 0.3 is 0 Å². The zero-order valence-electron chi connectivity index (χ0n) is 21.7. The first kappa shape index (κ1) is 25.6. The van der Waals surface area contributed by atoms with Gasteiger partial charge in [-0.2, -0.15) is 0 Å². The highest BCUT2D eigenvalue weighted by molar-refractivity contribution is 5.97. The summed E-state index contributed by atoms with van der Waals surface area (Å²) in [4.78, 5) is 33.2. The van der Waals surface area contributed by atoms with Crippen LogP contribution in [0.5, 0.6) is 11.5 Å². The molecule has 2 saturated heterocycles. The Hall–Kier alpha value is -4.07. The van der Waals surface area contributed by atoms with Crippen molar-refractivity contribution in [3.63, 3.8) is 0 Å². The van der Waals surface area contributed by atoms with Crippen molar-refractivity contribution in [1.29, 1.82) is 0 Å². The van der Waals surface area contributed by atoms with Crippen LogP contribution in [0.2, 0.25) is 0 Å². The van der Waals surface area contributed by atoms with Crippen LogP contribution in [0.15, 0.2) is 72.8 Å². The Morgan fingerprint density at radius 3 is 1.92 bits per heavy atom. The number of hydrogen-bond donors (Lipinski definition) is 0. The molecule has 0 aromatic heterocycles. The minimum absolute atomic E-state index is 0.0128. The van der Waals surface area contributed by atoms with Crippen LogP contribution < -0.4 is 19.3 Å². The molecule has 0 spiro atoms. The van der Waals surface area contributed by atoms with Gasteiger partial charge in [-0.1, -0.05) is 12.1 Å². The van der Waals surface area contributed by atoms with Crippen molar-refractivity contribution in [3.8, 4) is 11.5 Å². The van der Waals surface area contributed by atoms with Gasteiger partial charge in [0.25, 0.3) is 0 Å². The summed E-state index contributed by atoms with van der Waals surface area (Å²) in [6.07, 6.45) is 0.782. The second-order valence-corrected chi connectivity index (χ2v) is 9.61. The molecule has 198 valence electrons. The van der Waals surface area contributed by atoms with Crippen molar-refractivity contribution in [2.24, 2.45) is 5.92 Å². The number of hydrogen-bond acceptors (Lipinski definition) is 5. The van der Waals surface area contributed by atoms with Crippen LogP contribution >= 0.6 is 0 Å². The molecule has 7 nitrogen and oxygen atoms in total. The fourth-order valence-corrected chi connectivity index (χ4v) is 5.45. The molecule has 3 aromatic carbocycles. The molecular weight excluding hydrogens is 485 g/mol. The van der Waals surface area contributed by atoms with E-state index in [1.54, 1.807) is 31.3 Å². The third-order valence-electron chi connectivity index (χ3n) is 7.51. The van der Waals surface area contributed by atoms with Gasteiger partial charge in [0.1, 0.15) is 17.3 Å². The number of carbonyl (C=O) groups is 2. The minimum atomic E-state index is -0.446. The number of benzene rings is 3. The van der Waals surface area contributed by atoms with E-state index in [4.69, 9.17) is 9.47 Å². The van der Waals surface area contributed by atoms with Gasteiger partial charge in [-0.3, -0.25) is 9.59 Å². The average Bonchev–Trinajstić information content (AvgIpc) is 2.97. The standard InChI is InChI=1S/C30H32FN3O4/c1-37-25-11-3-21(4-12-25)29-27(15-16-28(35)34(29)24-9-13-26(38-2)14-10-24)30(36)33-19-17-32(18-20-33)23-7-5-22(31)6-8-23/h3-14,27,29H,15-20H2,1-2H3/t27-,29-/m1/s1. The Bertz CT molecular complexity index is 1260. The smallest absolute Gasteiger partial charge is 0.228 e. The van der Waals surface area contributed by atoms with E-state index in [9.17, 15) is 14.0 Å². The first-order chi connectivity index (χ1) is 18.5. The van der Waals surface area contributed by atoms with Crippen LogP contribution in [-0.4, -0.2) is 57.1 Å². The van der Waals surface area contributed by atoms with Gasteiger partial charge in [0.2, 0.25) is 11.8 Å². The zero-order chi connectivity index (χ0) is 26.6. The molecule has 0 saturated carbocycles. The van der Waals surface area contributed by atoms with Crippen LogP contribution in [0, 0.1) is 11.7 Å². The highest BCUT2D eigenvalue weighted by Crippen LogP contribution is 2.41. The van der Waals surface area contributed by atoms with E-state index in [2.05, 4.69) is 4.90 Å². The first-order valence-electron chi connectivity index (χ1n) is 12.9. The lowest BCUT2D eigenvalue weighted by molar-refractivity contribution is -0.138. The van der Waals surface area contributed by atoms with E-state index in [-0.39, 0.29) is 23.5 Å². The van der Waals surface area contributed by atoms with E-state index >= 15 is 0 Å². The SMILES string of the molecule is COc1ccc([C@@H]2[C@H](C(=O)N3CCN(c4ccc(F)cc4)CC3)CCC(=O)N2c2ccc(OC)cc2)cc1. The fourth-order valence-electron chi connectivity index (χ4n) is 5.45. The van der Waals surface area contributed by atoms with Crippen LogP contribution in [0.1, 0.15) is 24.4 Å². The third-order valence-corrected chi connectivity index (χ3v) is 7.51. The van der Waals surface area contributed by atoms with Crippen molar-refractivity contribution in [2.75, 3.05) is 50.2 Å². The number of methoxy groups -OCH3 is 2. The molecule has 3 aromatic rings. The van der Waals surface area contributed by atoms with Gasteiger partial charge in [0.05, 0.1) is 26.2 Å². The minimum Gasteiger partial charge on any atom is -0.497 e. The summed E-state index contributed by atoms with van der Waals surface area (Å²) < 4.78 is 24.0. The Morgan fingerprint density at radius 1 is 0.789 bits per heavy atom. The Morgan fingerprint density at radius 2 is 1.34 bits per heavy atom. The first-order valence-corrected chi connectivity index (χ1v) is 12.9. The van der Waals surface area contributed by atoms with Gasteiger partial charge < -0.3 is 24.2 Å². The maximum absolute atomic E-state index is 14.0. The molecule has 0 N–H and O–H groups in total. The maximum atomic E-state index is 14.0. The van der Waals surface area contributed by atoms with Gasteiger partial charge in [0, 0.05) is 44.0 Å². The molecule has 5 rings (SSSR count). The molecule has 0 radical (unpaired) electrons. The Kier molecular flexibility index (Phi) is 7.49. The van der Waals surface area contributed by atoms with Crippen molar-refractivity contribution in [1.82, 2.24) is 4.90 Å². The highest BCUT2D eigenvalue weighted by atomic mass is 19.1.